The van der Waals surface area contributed by atoms with Crippen LogP contribution in [0.3, 0.4) is 0 Å². The molecule has 1 atom stereocenters. The van der Waals surface area contributed by atoms with E-state index in [0.717, 1.165) is 30.0 Å². The highest BCUT2D eigenvalue weighted by Gasteiger charge is 2.23. The minimum atomic E-state index is 0.114. The average molecular weight is 275 g/mol. The molecule has 1 aromatic rings. The first-order chi connectivity index (χ1) is 9.65. The SMILES string of the molecule is CCOc1ccc(C(C)=O)cc1CN1CCCC1CC. The fourth-order valence-corrected chi connectivity index (χ4v) is 3.00. The highest BCUT2D eigenvalue weighted by molar-refractivity contribution is 5.94. The number of hydrogen-bond acceptors (Lipinski definition) is 3. The molecule has 0 N–H and O–H groups in total. The van der Waals surface area contributed by atoms with Gasteiger partial charge >= 0.3 is 0 Å². The normalized spacial score (nSPS) is 19.2. The molecule has 1 aliphatic rings. The number of carbonyl (C=O) groups excluding carboxylic acids is 1. The number of carbonyl (C=O) groups is 1. The summed E-state index contributed by atoms with van der Waals surface area (Å²) in [6.07, 6.45) is 3.75. The highest BCUT2D eigenvalue weighted by atomic mass is 16.5. The van der Waals surface area contributed by atoms with Gasteiger partial charge in [0.15, 0.2) is 5.78 Å². The summed E-state index contributed by atoms with van der Waals surface area (Å²) in [5.74, 6) is 1.03. The van der Waals surface area contributed by atoms with Gasteiger partial charge < -0.3 is 4.74 Å². The first-order valence-corrected chi connectivity index (χ1v) is 7.66. The van der Waals surface area contributed by atoms with Gasteiger partial charge in [-0.3, -0.25) is 9.69 Å². The molecule has 1 aliphatic heterocycles. The van der Waals surface area contributed by atoms with Crippen LogP contribution in [0.15, 0.2) is 18.2 Å². The maximum atomic E-state index is 11.6. The summed E-state index contributed by atoms with van der Waals surface area (Å²) in [7, 11) is 0. The molecule has 0 aliphatic carbocycles. The number of benzene rings is 1. The van der Waals surface area contributed by atoms with Crippen molar-refractivity contribution in [3.05, 3.63) is 29.3 Å². The molecule has 110 valence electrons. The van der Waals surface area contributed by atoms with Crippen molar-refractivity contribution in [2.24, 2.45) is 0 Å². The van der Waals surface area contributed by atoms with E-state index in [1.165, 1.54) is 19.3 Å². The number of Topliss-reactive ketones (excluding diaryl/α,β-unsaturated/α-hetero) is 1. The molecule has 20 heavy (non-hydrogen) atoms. The molecule has 1 aromatic carbocycles. The van der Waals surface area contributed by atoms with Crippen LogP contribution in [0.1, 0.15) is 56.0 Å². The molecule has 0 spiro atoms. The van der Waals surface area contributed by atoms with Crippen LogP contribution in [0.5, 0.6) is 5.75 Å². The lowest BCUT2D eigenvalue weighted by atomic mass is 10.1. The molecule has 0 amide bonds. The molecule has 0 bridgehead atoms. The zero-order valence-electron chi connectivity index (χ0n) is 12.8. The Hall–Kier alpha value is -1.35. The monoisotopic (exact) mass is 275 g/mol. The van der Waals surface area contributed by atoms with Crippen LogP contribution >= 0.6 is 0 Å². The van der Waals surface area contributed by atoms with Crippen LogP contribution in [0.2, 0.25) is 0 Å². The second kappa shape index (κ2) is 6.89. The van der Waals surface area contributed by atoms with E-state index in [2.05, 4.69) is 11.8 Å². The van der Waals surface area contributed by atoms with Gasteiger partial charge in [0.1, 0.15) is 5.75 Å². The first kappa shape index (κ1) is 15.0. The van der Waals surface area contributed by atoms with E-state index in [4.69, 9.17) is 4.74 Å². The molecule has 1 fully saturated rings. The number of hydrogen-bond donors (Lipinski definition) is 0. The number of ether oxygens (including phenoxy) is 1. The van der Waals surface area contributed by atoms with Crippen molar-refractivity contribution in [1.29, 1.82) is 0 Å². The van der Waals surface area contributed by atoms with Gasteiger partial charge in [-0.25, -0.2) is 0 Å². The lowest BCUT2D eigenvalue weighted by Gasteiger charge is -2.24. The van der Waals surface area contributed by atoms with Crippen LogP contribution in [-0.2, 0) is 6.54 Å². The summed E-state index contributed by atoms with van der Waals surface area (Å²) in [5, 5.41) is 0. The Bertz CT molecular complexity index is 470. The molecule has 1 heterocycles. The first-order valence-electron chi connectivity index (χ1n) is 7.66. The van der Waals surface area contributed by atoms with Gasteiger partial charge in [0, 0.05) is 23.7 Å². The minimum absolute atomic E-state index is 0.114. The van der Waals surface area contributed by atoms with Crippen LogP contribution in [0.4, 0.5) is 0 Å². The highest BCUT2D eigenvalue weighted by Crippen LogP contribution is 2.27. The number of rotatable bonds is 6. The Morgan fingerprint density at radius 1 is 1.40 bits per heavy atom. The molecule has 2 rings (SSSR count). The second-order valence-corrected chi connectivity index (χ2v) is 5.49. The standard InChI is InChI=1S/C17H25NO2/c1-4-16-7-6-10-18(16)12-15-11-14(13(3)19)8-9-17(15)20-5-2/h8-9,11,16H,4-7,10,12H2,1-3H3. The van der Waals surface area contributed by atoms with E-state index < -0.39 is 0 Å². The Morgan fingerprint density at radius 2 is 2.20 bits per heavy atom. The van der Waals surface area contributed by atoms with Gasteiger partial charge in [-0.1, -0.05) is 6.92 Å². The molecule has 3 nitrogen and oxygen atoms in total. The summed E-state index contributed by atoms with van der Waals surface area (Å²) in [4.78, 5) is 14.1. The van der Waals surface area contributed by atoms with Crippen molar-refractivity contribution in [3.63, 3.8) is 0 Å². The average Bonchev–Trinajstić information content (AvgIpc) is 2.88. The third-order valence-corrected chi connectivity index (χ3v) is 4.11. The van der Waals surface area contributed by atoms with Crippen molar-refractivity contribution >= 4 is 5.78 Å². The van der Waals surface area contributed by atoms with Gasteiger partial charge in [-0.15, -0.1) is 0 Å². The Labute approximate surface area is 121 Å². The third-order valence-electron chi connectivity index (χ3n) is 4.11. The summed E-state index contributed by atoms with van der Waals surface area (Å²) >= 11 is 0. The molecule has 1 saturated heterocycles. The van der Waals surface area contributed by atoms with Gasteiger partial charge in [-0.05, 0) is 57.9 Å². The maximum absolute atomic E-state index is 11.6. The Kier molecular flexibility index (Phi) is 5.18. The van der Waals surface area contributed by atoms with Gasteiger partial charge in [0.25, 0.3) is 0 Å². The van der Waals surface area contributed by atoms with E-state index in [-0.39, 0.29) is 5.78 Å². The van der Waals surface area contributed by atoms with E-state index in [1.54, 1.807) is 6.92 Å². The van der Waals surface area contributed by atoms with Gasteiger partial charge in [0.2, 0.25) is 0 Å². The fourth-order valence-electron chi connectivity index (χ4n) is 3.00. The zero-order chi connectivity index (χ0) is 14.5. The van der Waals surface area contributed by atoms with Crippen LogP contribution in [0, 0.1) is 0 Å². The predicted octanol–water partition coefficient (Wildman–Crippen LogP) is 3.66. The Balaban J connectivity index is 2.22. The van der Waals surface area contributed by atoms with Crippen LogP contribution in [-0.4, -0.2) is 29.9 Å². The van der Waals surface area contributed by atoms with Crippen LogP contribution in [0.25, 0.3) is 0 Å². The molecule has 1 unspecified atom stereocenters. The summed E-state index contributed by atoms with van der Waals surface area (Å²) in [6, 6.07) is 6.47. The van der Waals surface area contributed by atoms with Gasteiger partial charge in [0.05, 0.1) is 6.61 Å². The van der Waals surface area contributed by atoms with Crippen molar-refractivity contribution in [2.45, 2.75) is 52.6 Å². The topological polar surface area (TPSA) is 29.5 Å². The van der Waals surface area contributed by atoms with Gasteiger partial charge in [-0.2, -0.15) is 0 Å². The maximum Gasteiger partial charge on any atom is 0.159 e. The lowest BCUT2D eigenvalue weighted by Crippen LogP contribution is -2.28. The van der Waals surface area contributed by atoms with E-state index >= 15 is 0 Å². The summed E-state index contributed by atoms with van der Waals surface area (Å²) in [6.45, 7) is 8.54. The summed E-state index contributed by atoms with van der Waals surface area (Å²) < 4.78 is 5.71. The predicted molar refractivity (Wildman–Crippen MR) is 81.3 cm³/mol. The number of likely N-dealkylation sites (tertiary alicyclic amines) is 1. The zero-order valence-corrected chi connectivity index (χ0v) is 12.8. The largest absolute Gasteiger partial charge is 0.494 e. The Morgan fingerprint density at radius 3 is 2.85 bits per heavy atom. The molecule has 3 heteroatoms. The lowest BCUT2D eigenvalue weighted by molar-refractivity contribution is 0.101. The summed E-state index contributed by atoms with van der Waals surface area (Å²) in [5.41, 5.74) is 1.91. The fraction of sp³-hybridized carbons (Fsp3) is 0.588. The molecular weight excluding hydrogens is 250 g/mol. The van der Waals surface area contributed by atoms with Crippen molar-refractivity contribution in [2.75, 3.05) is 13.2 Å². The number of nitrogens with zero attached hydrogens (tertiary/aromatic N) is 1. The second-order valence-electron chi connectivity index (χ2n) is 5.49. The molecular formula is C17H25NO2. The molecule has 0 aromatic heterocycles. The van der Waals surface area contributed by atoms with Crippen molar-refractivity contribution < 1.29 is 9.53 Å². The minimum Gasteiger partial charge on any atom is -0.494 e. The number of ketones is 1. The van der Waals surface area contributed by atoms with Crippen LogP contribution < -0.4 is 4.74 Å². The third kappa shape index (κ3) is 3.40. The van der Waals surface area contributed by atoms with Crippen molar-refractivity contribution in [1.82, 2.24) is 4.90 Å². The van der Waals surface area contributed by atoms with E-state index in [1.807, 2.05) is 25.1 Å². The quantitative estimate of drug-likeness (QED) is 0.742. The van der Waals surface area contributed by atoms with E-state index in [9.17, 15) is 4.79 Å². The molecule has 0 radical (unpaired) electrons. The smallest absolute Gasteiger partial charge is 0.159 e. The van der Waals surface area contributed by atoms with E-state index in [0.29, 0.717) is 12.6 Å². The van der Waals surface area contributed by atoms with Crippen molar-refractivity contribution in [3.8, 4) is 5.75 Å². The molecule has 0 saturated carbocycles.